The van der Waals surface area contributed by atoms with Gasteiger partial charge in [0.15, 0.2) is 0 Å². The zero-order valence-electron chi connectivity index (χ0n) is 24.8. The molecule has 0 amide bonds. The van der Waals surface area contributed by atoms with Crippen molar-refractivity contribution in [3.05, 3.63) is 84.3 Å². The number of amidine groups is 1. The number of morpholine rings is 1. The van der Waals surface area contributed by atoms with Crippen LogP contribution in [-0.2, 0) is 4.74 Å². The van der Waals surface area contributed by atoms with E-state index in [0.29, 0.717) is 11.5 Å². The predicted octanol–water partition coefficient (Wildman–Crippen LogP) is 6.58. The molecule has 6 rings (SSSR count). The van der Waals surface area contributed by atoms with Gasteiger partial charge in [-0.15, -0.1) is 0 Å². The first-order valence-corrected chi connectivity index (χ1v) is 14.8. The number of nitrogens with zero attached hydrogens (tertiary/aromatic N) is 5. The van der Waals surface area contributed by atoms with E-state index in [1.165, 1.54) is 32.2 Å². The third-order valence-electron chi connectivity index (χ3n) is 7.70. The van der Waals surface area contributed by atoms with Crippen LogP contribution in [0.5, 0.6) is 0 Å². The fourth-order valence-electron chi connectivity index (χ4n) is 5.13. The molecule has 3 heterocycles. The molecule has 1 saturated carbocycles. The lowest BCUT2D eigenvalue weighted by molar-refractivity contribution is 0.0335. The van der Waals surface area contributed by atoms with Crippen molar-refractivity contribution < 1.29 is 4.74 Å². The fraction of sp³-hybridized carbons (Fsp3) is 0.382. The van der Waals surface area contributed by atoms with Crippen molar-refractivity contribution in [1.82, 2.24) is 14.8 Å². The van der Waals surface area contributed by atoms with Crippen molar-refractivity contribution in [2.45, 2.75) is 39.5 Å². The number of hydrogen-bond donors (Lipinski definition) is 1. The molecule has 0 unspecified atom stereocenters. The van der Waals surface area contributed by atoms with Crippen LogP contribution in [0.25, 0.3) is 27.9 Å². The number of aromatic nitrogens is 1. The molecule has 0 bridgehead atoms. The molecule has 7 heteroatoms. The van der Waals surface area contributed by atoms with Crippen molar-refractivity contribution in [2.75, 3.05) is 39.9 Å². The number of rotatable bonds is 6. The highest BCUT2D eigenvalue weighted by Crippen LogP contribution is 2.30. The first kappa shape index (κ1) is 30.2. The second-order valence-corrected chi connectivity index (χ2v) is 10.3. The Morgan fingerprint density at radius 1 is 1.05 bits per heavy atom. The van der Waals surface area contributed by atoms with Crippen molar-refractivity contribution in [3.8, 4) is 11.3 Å². The molecule has 1 aromatic heterocycles. The highest BCUT2D eigenvalue weighted by Gasteiger charge is 2.19. The van der Waals surface area contributed by atoms with E-state index in [9.17, 15) is 0 Å². The lowest BCUT2D eigenvalue weighted by Gasteiger charge is -2.31. The van der Waals surface area contributed by atoms with Crippen LogP contribution in [0.4, 0.5) is 0 Å². The van der Waals surface area contributed by atoms with Gasteiger partial charge in [0.1, 0.15) is 11.5 Å². The van der Waals surface area contributed by atoms with Crippen LogP contribution >= 0.6 is 0 Å². The van der Waals surface area contributed by atoms with E-state index in [1.54, 1.807) is 6.20 Å². The molecule has 0 radical (unpaired) electrons. The van der Waals surface area contributed by atoms with Crippen LogP contribution in [0.15, 0.2) is 88.7 Å². The quantitative estimate of drug-likeness (QED) is 0.350. The van der Waals surface area contributed by atoms with Crippen molar-refractivity contribution in [3.63, 3.8) is 0 Å². The van der Waals surface area contributed by atoms with Gasteiger partial charge in [0.2, 0.25) is 0 Å². The number of pyridine rings is 1. The zero-order valence-corrected chi connectivity index (χ0v) is 24.8. The monoisotopic (exact) mass is 552 g/mol. The third-order valence-corrected chi connectivity index (χ3v) is 7.70. The third kappa shape index (κ3) is 7.90. The Balaban J connectivity index is 0.000000230. The normalized spacial score (nSPS) is 18.3. The summed E-state index contributed by atoms with van der Waals surface area (Å²) in [7, 11) is 1.91. The van der Waals surface area contributed by atoms with Gasteiger partial charge < -0.3 is 15.4 Å². The maximum absolute atomic E-state index is 6.09. The average molecular weight is 553 g/mol. The molecular formula is C34H44N6O. The summed E-state index contributed by atoms with van der Waals surface area (Å²) in [6.07, 6.45) is 9.39. The van der Waals surface area contributed by atoms with Crippen LogP contribution in [0, 0.1) is 5.92 Å². The van der Waals surface area contributed by atoms with E-state index in [4.69, 9.17) is 15.5 Å². The van der Waals surface area contributed by atoms with Gasteiger partial charge in [-0.05, 0) is 37.7 Å². The molecule has 0 atom stereocenters. The first-order valence-electron chi connectivity index (χ1n) is 14.8. The van der Waals surface area contributed by atoms with Gasteiger partial charge in [0.25, 0.3) is 0 Å². The van der Waals surface area contributed by atoms with E-state index in [2.05, 4.69) is 39.8 Å². The minimum Gasteiger partial charge on any atom is -0.382 e. The minimum absolute atomic E-state index is 0.411. The number of ether oxygens (including phenoxy) is 1. The van der Waals surface area contributed by atoms with Crippen LogP contribution in [0.1, 0.15) is 45.1 Å². The summed E-state index contributed by atoms with van der Waals surface area (Å²) in [4.78, 5) is 17.7. The molecule has 2 N–H and O–H groups in total. The Hall–Kier alpha value is -3.81. The SMILES string of the molecule is C1CC(CCN2CCOCC2)C1.C=N/C(=C1/C(N)=NC=CN1C)c1ccc2ccc(-c3ccccc3)nc2c1.CC. The number of hydrogen-bond acceptors (Lipinski definition) is 7. The highest BCUT2D eigenvalue weighted by molar-refractivity contribution is 6.05. The Bertz CT molecular complexity index is 1370. The lowest BCUT2D eigenvalue weighted by Crippen LogP contribution is -2.37. The number of fused-ring (bicyclic) bond motifs is 1. The van der Waals surface area contributed by atoms with Gasteiger partial charge in [-0.2, -0.15) is 0 Å². The number of nitrogens with two attached hydrogens (primary N) is 1. The molecule has 7 nitrogen and oxygen atoms in total. The lowest BCUT2D eigenvalue weighted by atomic mass is 9.83. The van der Waals surface area contributed by atoms with Gasteiger partial charge in [0.05, 0.1) is 30.1 Å². The van der Waals surface area contributed by atoms with Crippen LogP contribution < -0.4 is 5.73 Å². The number of likely N-dealkylation sites (N-methyl/N-ethyl adjacent to an activating group) is 1. The van der Waals surface area contributed by atoms with Crippen LogP contribution in [0.2, 0.25) is 0 Å². The smallest absolute Gasteiger partial charge is 0.149 e. The van der Waals surface area contributed by atoms with E-state index in [1.807, 2.05) is 74.5 Å². The Kier molecular flexibility index (Phi) is 11.2. The minimum atomic E-state index is 0.411. The highest BCUT2D eigenvalue weighted by atomic mass is 16.5. The summed E-state index contributed by atoms with van der Waals surface area (Å²) < 4.78 is 5.31. The predicted molar refractivity (Wildman–Crippen MR) is 173 cm³/mol. The first-order chi connectivity index (χ1) is 20.1. The van der Waals surface area contributed by atoms with Crippen LogP contribution in [-0.4, -0.2) is 67.2 Å². The molecule has 2 aliphatic heterocycles. The Morgan fingerprint density at radius 3 is 2.44 bits per heavy atom. The molecule has 2 fully saturated rings. The summed E-state index contributed by atoms with van der Waals surface area (Å²) in [5.74, 6) is 1.47. The van der Waals surface area contributed by atoms with E-state index in [0.717, 1.165) is 65.6 Å². The number of aliphatic imine (C=N–C) groups is 2. The Labute approximate surface area is 245 Å². The van der Waals surface area contributed by atoms with Crippen molar-refractivity contribution in [2.24, 2.45) is 21.6 Å². The van der Waals surface area contributed by atoms with Gasteiger partial charge in [0, 0.05) is 49.1 Å². The molecule has 1 aliphatic carbocycles. The molecular weight excluding hydrogens is 508 g/mol. The summed E-state index contributed by atoms with van der Waals surface area (Å²) in [5.41, 5.74) is 11.3. The van der Waals surface area contributed by atoms with E-state index >= 15 is 0 Å². The van der Waals surface area contributed by atoms with Gasteiger partial charge in [-0.3, -0.25) is 9.89 Å². The van der Waals surface area contributed by atoms with Crippen molar-refractivity contribution in [1.29, 1.82) is 0 Å². The summed E-state index contributed by atoms with van der Waals surface area (Å²) >= 11 is 0. The second-order valence-electron chi connectivity index (χ2n) is 10.3. The summed E-state index contributed by atoms with van der Waals surface area (Å²) in [6, 6.07) is 20.3. The van der Waals surface area contributed by atoms with Gasteiger partial charge in [-0.1, -0.05) is 81.6 Å². The second kappa shape index (κ2) is 15.3. The van der Waals surface area contributed by atoms with Gasteiger partial charge >= 0.3 is 0 Å². The molecule has 41 heavy (non-hydrogen) atoms. The number of benzene rings is 2. The maximum atomic E-state index is 6.09. The van der Waals surface area contributed by atoms with E-state index < -0.39 is 0 Å². The van der Waals surface area contributed by atoms with Gasteiger partial charge in [-0.25, -0.2) is 9.98 Å². The average Bonchev–Trinajstić information content (AvgIpc) is 3.00. The standard InChI is InChI=1S/C22H19N5.C10H19NO.C2H6/c1-24-20(21-22(23)25-12-13-27(21)2)17-9-8-16-10-11-18(26-19(16)14-17)15-6-4-3-5-7-15;1-2-10(3-1)4-5-11-6-8-12-9-7-11;1-2/h3-14H,1H2,2H3,(H2,23,25);10H,1-9H2;1-2H3/b21-20-;;. The van der Waals surface area contributed by atoms with Crippen molar-refractivity contribution >= 4 is 29.2 Å². The molecule has 0 spiro atoms. The largest absolute Gasteiger partial charge is 0.382 e. The maximum Gasteiger partial charge on any atom is 0.149 e. The molecule has 216 valence electrons. The zero-order chi connectivity index (χ0) is 29.0. The molecule has 2 aromatic carbocycles. The Morgan fingerprint density at radius 2 is 1.78 bits per heavy atom. The van der Waals surface area contributed by atoms with Crippen LogP contribution in [0.3, 0.4) is 0 Å². The topological polar surface area (TPSA) is 79.3 Å². The molecule has 3 aliphatic rings. The van der Waals surface area contributed by atoms with E-state index in [-0.39, 0.29) is 0 Å². The molecule has 3 aromatic rings. The molecule has 1 saturated heterocycles. The fourth-order valence-corrected chi connectivity index (χ4v) is 5.13. The summed E-state index contributed by atoms with van der Waals surface area (Å²) in [5, 5.41) is 1.06. The summed E-state index contributed by atoms with van der Waals surface area (Å²) in [6.45, 7) is 13.3.